The molecule has 0 heterocycles. The van der Waals surface area contributed by atoms with Crippen molar-refractivity contribution in [3.63, 3.8) is 0 Å². The predicted molar refractivity (Wildman–Crippen MR) is 71.2 cm³/mol. The maximum Gasteiger partial charge on any atom is 0.122 e. The van der Waals surface area contributed by atoms with Crippen LogP contribution in [0.1, 0.15) is 5.56 Å². The molecule has 0 saturated heterocycles. The summed E-state index contributed by atoms with van der Waals surface area (Å²) >= 11 is 0. The number of ether oxygens (including phenoxy) is 1. The summed E-state index contributed by atoms with van der Waals surface area (Å²) in [7, 11) is 0. The van der Waals surface area contributed by atoms with Crippen molar-refractivity contribution in [3.05, 3.63) is 54.1 Å². The van der Waals surface area contributed by atoms with Crippen molar-refractivity contribution in [3.8, 4) is 16.9 Å². The van der Waals surface area contributed by atoms with Crippen molar-refractivity contribution in [1.82, 2.24) is 0 Å². The summed E-state index contributed by atoms with van der Waals surface area (Å²) < 4.78 is 5.55. The molecular formula is C15H17NO. The number of benzene rings is 2. The maximum atomic E-state index is 5.55. The highest BCUT2D eigenvalue weighted by molar-refractivity contribution is 5.65. The SMILES string of the molecule is Cc1cc(-c2ccccc2)ccc1OCCN. The van der Waals surface area contributed by atoms with Gasteiger partial charge in [0.15, 0.2) is 0 Å². The van der Waals surface area contributed by atoms with E-state index in [0.29, 0.717) is 13.2 Å². The summed E-state index contributed by atoms with van der Waals surface area (Å²) in [5.74, 6) is 0.912. The van der Waals surface area contributed by atoms with Crippen LogP contribution in [0, 0.1) is 6.92 Å². The second kappa shape index (κ2) is 5.51. The lowest BCUT2D eigenvalue weighted by molar-refractivity contribution is 0.326. The van der Waals surface area contributed by atoms with Gasteiger partial charge < -0.3 is 10.5 Å². The van der Waals surface area contributed by atoms with Gasteiger partial charge in [-0.25, -0.2) is 0 Å². The van der Waals surface area contributed by atoms with Gasteiger partial charge in [-0.15, -0.1) is 0 Å². The van der Waals surface area contributed by atoms with Crippen LogP contribution in [-0.4, -0.2) is 13.2 Å². The van der Waals surface area contributed by atoms with Crippen LogP contribution in [-0.2, 0) is 0 Å². The Hall–Kier alpha value is -1.80. The first-order valence-electron chi connectivity index (χ1n) is 5.80. The third kappa shape index (κ3) is 2.86. The first-order chi connectivity index (χ1) is 8.31. The van der Waals surface area contributed by atoms with Crippen molar-refractivity contribution in [2.24, 2.45) is 5.73 Å². The van der Waals surface area contributed by atoms with Crippen LogP contribution in [0.3, 0.4) is 0 Å². The summed E-state index contributed by atoms with van der Waals surface area (Å²) in [5, 5.41) is 0. The molecule has 2 aromatic carbocycles. The fourth-order valence-corrected chi connectivity index (χ4v) is 1.79. The fraction of sp³-hybridized carbons (Fsp3) is 0.200. The van der Waals surface area contributed by atoms with Gasteiger partial charge in [-0.2, -0.15) is 0 Å². The fourth-order valence-electron chi connectivity index (χ4n) is 1.79. The number of aryl methyl sites for hydroxylation is 1. The molecule has 0 radical (unpaired) electrons. The molecule has 0 unspecified atom stereocenters. The molecular weight excluding hydrogens is 210 g/mol. The Morgan fingerprint density at radius 2 is 1.76 bits per heavy atom. The van der Waals surface area contributed by atoms with E-state index in [4.69, 9.17) is 10.5 Å². The molecule has 0 aliphatic carbocycles. The maximum absolute atomic E-state index is 5.55. The molecule has 2 aromatic rings. The van der Waals surface area contributed by atoms with Crippen molar-refractivity contribution in [2.75, 3.05) is 13.2 Å². The first-order valence-corrected chi connectivity index (χ1v) is 5.80. The van der Waals surface area contributed by atoms with Crippen molar-refractivity contribution in [1.29, 1.82) is 0 Å². The molecule has 0 amide bonds. The number of hydrogen-bond donors (Lipinski definition) is 1. The molecule has 88 valence electrons. The number of hydrogen-bond acceptors (Lipinski definition) is 2. The highest BCUT2D eigenvalue weighted by Crippen LogP contribution is 2.25. The van der Waals surface area contributed by atoms with Crippen LogP contribution in [0.2, 0.25) is 0 Å². The molecule has 0 aliphatic rings. The molecule has 0 spiro atoms. The number of rotatable bonds is 4. The van der Waals surface area contributed by atoms with E-state index >= 15 is 0 Å². The van der Waals surface area contributed by atoms with Crippen LogP contribution in [0.5, 0.6) is 5.75 Å². The summed E-state index contributed by atoms with van der Waals surface area (Å²) in [6.07, 6.45) is 0. The largest absolute Gasteiger partial charge is 0.492 e. The second-order valence-corrected chi connectivity index (χ2v) is 3.98. The van der Waals surface area contributed by atoms with E-state index < -0.39 is 0 Å². The average Bonchev–Trinajstić information content (AvgIpc) is 2.38. The summed E-state index contributed by atoms with van der Waals surface area (Å²) in [6, 6.07) is 16.6. The third-order valence-electron chi connectivity index (χ3n) is 2.66. The molecule has 0 saturated carbocycles. The summed E-state index contributed by atoms with van der Waals surface area (Å²) in [5.41, 5.74) is 9.00. The van der Waals surface area contributed by atoms with Gasteiger partial charge in [-0.1, -0.05) is 36.4 Å². The van der Waals surface area contributed by atoms with Gasteiger partial charge in [-0.3, -0.25) is 0 Å². The lowest BCUT2D eigenvalue weighted by Gasteiger charge is -2.10. The number of nitrogens with two attached hydrogens (primary N) is 1. The quantitative estimate of drug-likeness (QED) is 0.871. The predicted octanol–water partition coefficient (Wildman–Crippen LogP) is 3.00. The minimum absolute atomic E-state index is 0.542. The molecule has 0 fully saturated rings. The molecule has 0 bridgehead atoms. The lowest BCUT2D eigenvalue weighted by Crippen LogP contribution is -2.11. The Labute approximate surface area is 102 Å². The molecule has 0 aromatic heterocycles. The van der Waals surface area contributed by atoms with Gasteiger partial charge in [0, 0.05) is 6.54 Å². The minimum Gasteiger partial charge on any atom is -0.492 e. The molecule has 17 heavy (non-hydrogen) atoms. The second-order valence-electron chi connectivity index (χ2n) is 3.98. The molecule has 2 heteroatoms. The van der Waals surface area contributed by atoms with Gasteiger partial charge in [0.05, 0.1) is 0 Å². The summed E-state index contributed by atoms with van der Waals surface area (Å²) in [6.45, 7) is 3.16. The molecule has 2 rings (SSSR count). The molecule has 0 atom stereocenters. The van der Waals surface area contributed by atoms with Crippen LogP contribution in [0.25, 0.3) is 11.1 Å². The molecule has 0 aliphatic heterocycles. The van der Waals surface area contributed by atoms with Gasteiger partial charge in [0.1, 0.15) is 12.4 Å². The van der Waals surface area contributed by atoms with Crippen LogP contribution >= 0.6 is 0 Å². The van der Waals surface area contributed by atoms with E-state index in [1.165, 1.54) is 11.1 Å². The Morgan fingerprint density at radius 3 is 2.41 bits per heavy atom. The first kappa shape index (κ1) is 11.7. The molecule has 2 nitrogen and oxygen atoms in total. The van der Waals surface area contributed by atoms with Gasteiger partial charge in [-0.05, 0) is 35.7 Å². The average molecular weight is 227 g/mol. The Bertz CT molecular complexity index is 480. The van der Waals surface area contributed by atoms with Gasteiger partial charge >= 0.3 is 0 Å². The van der Waals surface area contributed by atoms with E-state index in [1.54, 1.807) is 0 Å². The third-order valence-corrected chi connectivity index (χ3v) is 2.66. The van der Waals surface area contributed by atoms with E-state index in [1.807, 2.05) is 24.3 Å². The zero-order valence-corrected chi connectivity index (χ0v) is 10.0. The summed E-state index contributed by atoms with van der Waals surface area (Å²) in [4.78, 5) is 0. The van der Waals surface area contributed by atoms with Crippen molar-refractivity contribution >= 4 is 0 Å². The van der Waals surface area contributed by atoms with E-state index in [-0.39, 0.29) is 0 Å². The van der Waals surface area contributed by atoms with Gasteiger partial charge in [0.25, 0.3) is 0 Å². The normalized spacial score (nSPS) is 10.2. The van der Waals surface area contributed by atoms with Crippen molar-refractivity contribution < 1.29 is 4.74 Å². The van der Waals surface area contributed by atoms with Crippen LogP contribution < -0.4 is 10.5 Å². The molecule has 2 N–H and O–H groups in total. The van der Waals surface area contributed by atoms with Gasteiger partial charge in [0.2, 0.25) is 0 Å². The van der Waals surface area contributed by atoms with E-state index in [9.17, 15) is 0 Å². The van der Waals surface area contributed by atoms with Crippen LogP contribution in [0.15, 0.2) is 48.5 Å². The Balaban J connectivity index is 2.25. The standard InChI is InChI=1S/C15H17NO/c1-12-11-14(13-5-3-2-4-6-13)7-8-15(12)17-10-9-16/h2-8,11H,9-10,16H2,1H3. The van der Waals surface area contributed by atoms with E-state index in [2.05, 4.69) is 31.2 Å². The highest BCUT2D eigenvalue weighted by atomic mass is 16.5. The monoisotopic (exact) mass is 227 g/mol. The topological polar surface area (TPSA) is 35.2 Å². The van der Waals surface area contributed by atoms with Crippen LogP contribution in [0.4, 0.5) is 0 Å². The van der Waals surface area contributed by atoms with Crippen molar-refractivity contribution in [2.45, 2.75) is 6.92 Å². The zero-order valence-electron chi connectivity index (χ0n) is 10.0. The smallest absolute Gasteiger partial charge is 0.122 e. The zero-order chi connectivity index (χ0) is 12.1. The Morgan fingerprint density at radius 1 is 1.00 bits per heavy atom. The highest BCUT2D eigenvalue weighted by Gasteiger charge is 2.02. The lowest BCUT2D eigenvalue weighted by atomic mass is 10.0. The van der Waals surface area contributed by atoms with E-state index in [0.717, 1.165) is 11.3 Å². The minimum atomic E-state index is 0.542. The Kier molecular flexibility index (Phi) is 3.78.